The van der Waals surface area contributed by atoms with Crippen LogP contribution in [-0.4, -0.2) is 69.4 Å². The highest BCUT2D eigenvalue weighted by atomic mass is 31.2. The van der Waals surface area contributed by atoms with Crippen LogP contribution in [0.15, 0.2) is 24.3 Å². The normalized spacial score (nSPS) is 13.7. The van der Waals surface area contributed by atoms with Gasteiger partial charge in [0.05, 0.1) is 33.8 Å². The number of ether oxygens (including phenoxy) is 1. The number of unbranched alkanes of at least 4 members (excludes halogenated alkanes) is 46. The first-order valence-corrected chi connectivity index (χ1v) is 36.1. The van der Waals surface area contributed by atoms with E-state index in [0.717, 1.165) is 57.8 Å². The maximum absolute atomic E-state index is 13.6. The molecule has 0 heterocycles. The van der Waals surface area contributed by atoms with Gasteiger partial charge in [-0.2, -0.15) is 0 Å². The number of hydrogen-bond acceptors (Lipinski definition) is 7. The van der Waals surface area contributed by atoms with Gasteiger partial charge < -0.3 is 28.5 Å². The average molecular weight is 1140 g/mol. The highest BCUT2D eigenvalue weighted by molar-refractivity contribution is 7.45. The molecule has 3 atom stereocenters. The molecule has 0 saturated heterocycles. The van der Waals surface area contributed by atoms with Crippen molar-refractivity contribution in [1.82, 2.24) is 5.32 Å². The monoisotopic (exact) mass is 1140 g/mol. The molecule has 468 valence electrons. The van der Waals surface area contributed by atoms with Gasteiger partial charge in [0.25, 0.3) is 7.82 Å². The summed E-state index contributed by atoms with van der Waals surface area (Å²) in [4.78, 5) is 40.1. The van der Waals surface area contributed by atoms with Crippen LogP contribution in [0.4, 0.5) is 0 Å². The number of allylic oxidation sites excluding steroid dienone is 3. The van der Waals surface area contributed by atoms with E-state index >= 15 is 0 Å². The Kier molecular flexibility index (Phi) is 58.5. The third kappa shape index (κ3) is 60.9. The number of hydrogen-bond donors (Lipinski definition) is 1. The first-order valence-electron chi connectivity index (χ1n) is 34.6. The Morgan fingerprint density at radius 2 is 0.734 bits per heavy atom. The maximum Gasteiger partial charge on any atom is 0.306 e. The van der Waals surface area contributed by atoms with E-state index in [1.807, 2.05) is 33.3 Å². The fourth-order valence-corrected chi connectivity index (χ4v) is 11.2. The third-order valence-corrected chi connectivity index (χ3v) is 16.8. The molecule has 0 saturated carbocycles. The Bertz CT molecular complexity index is 1400. The van der Waals surface area contributed by atoms with Crippen LogP contribution in [-0.2, 0) is 27.9 Å². The van der Waals surface area contributed by atoms with Gasteiger partial charge >= 0.3 is 5.97 Å². The van der Waals surface area contributed by atoms with Crippen molar-refractivity contribution in [3.8, 4) is 0 Å². The Labute approximate surface area is 492 Å². The number of phosphoric acid groups is 1. The summed E-state index contributed by atoms with van der Waals surface area (Å²) in [5, 5.41) is 3.04. The van der Waals surface area contributed by atoms with E-state index in [-0.39, 0.29) is 31.5 Å². The van der Waals surface area contributed by atoms with Crippen molar-refractivity contribution in [2.75, 3.05) is 40.9 Å². The summed E-state index contributed by atoms with van der Waals surface area (Å²) >= 11 is 0. The second-order valence-electron chi connectivity index (χ2n) is 25.0. The van der Waals surface area contributed by atoms with Crippen LogP contribution in [0.1, 0.15) is 355 Å². The Morgan fingerprint density at radius 3 is 1.08 bits per heavy atom. The number of carbonyl (C=O) groups is 2. The van der Waals surface area contributed by atoms with Crippen LogP contribution >= 0.6 is 7.82 Å². The van der Waals surface area contributed by atoms with E-state index < -0.39 is 20.0 Å². The standard InChI is InChI=1S/C69H135N2O7P/c1-7-10-13-16-19-22-25-27-29-30-31-32-33-34-35-36-37-38-39-40-42-43-46-49-52-55-58-61-68(72)70-66(65-77-79(74,75)76-64-63-71(4,5)6)67(60-57-54-51-48-45-24-21-18-15-12-9-3)78-69(73)62-59-56-53-50-47-44-41-28-26-23-20-17-14-11-8-2/h27,29,57,60,66-67H,7-26,28,30-56,58-59,61-65H2,1-6H3,(H-,70,72,74,75)/b29-27+,60-57-. The number of quaternary nitrogens is 1. The van der Waals surface area contributed by atoms with Gasteiger partial charge in [0.1, 0.15) is 19.3 Å². The number of nitrogens with zero attached hydrogens (tertiary/aromatic N) is 1. The lowest BCUT2D eigenvalue weighted by Crippen LogP contribution is -2.47. The summed E-state index contributed by atoms with van der Waals surface area (Å²) < 4.78 is 30.4. The molecule has 3 unspecified atom stereocenters. The molecule has 1 N–H and O–H groups in total. The number of carbonyl (C=O) groups excluding carboxylic acids is 2. The minimum absolute atomic E-state index is 0.0179. The van der Waals surface area contributed by atoms with Crippen LogP contribution < -0.4 is 10.2 Å². The molecule has 0 aromatic heterocycles. The minimum Gasteiger partial charge on any atom is -0.756 e. The number of rotatable bonds is 64. The SMILES string of the molecule is CCCCCCCC/C=C/CCCCCCCCCCCCCCCCCCCC(=O)NC(COP(=O)([O-])OCC[N+](C)(C)C)C(/C=C\CCCCCCCCCCC)OC(=O)CCCCCCCCCCCCCCCCC. The molecule has 1 amide bonds. The summed E-state index contributed by atoms with van der Waals surface area (Å²) in [6.45, 7) is 6.89. The molecule has 0 spiro atoms. The zero-order valence-electron chi connectivity index (χ0n) is 53.6. The predicted molar refractivity (Wildman–Crippen MR) is 340 cm³/mol. The minimum atomic E-state index is -4.69. The smallest absolute Gasteiger partial charge is 0.306 e. The Hall–Kier alpha value is -1.51. The summed E-state index contributed by atoms with van der Waals surface area (Å²) in [7, 11) is 1.21. The number of esters is 1. The van der Waals surface area contributed by atoms with Crippen LogP contribution in [0, 0.1) is 0 Å². The van der Waals surface area contributed by atoms with Gasteiger partial charge in [-0.05, 0) is 57.4 Å². The summed E-state index contributed by atoms with van der Waals surface area (Å²) in [6.07, 6.45) is 71.6. The van der Waals surface area contributed by atoms with Gasteiger partial charge in [-0.1, -0.05) is 309 Å². The molecule has 0 aromatic rings. The van der Waals surface area contributed by atoms with E-state index in [1.165, 1.54) is 263 Å². The Balaban J connectivity index is 4.93. The molecule has 0 bridgehead atoms. The number of phosphoric ester groups is 1. The van der Waals surface area contributed by atoms with Crippen LogP contribution in [0.3, 0.4) is 0 Å². The van der Waals surface area contributed by atoms with E-state index in [0.29, 0.717) is 17.4 Å². The van der Waals surface area contributed by atoms with Crippen molar-refractivity contribution in [3.05, 3.63) is 24.3 Å². The van der Waals surface area contributed by atoms with Gasteiger partial charge in [-0.3, -0.25) is 14.2 Å². The molecule has 0 radical (unpaired) electrons. The zero-order chi connectivity index (χ0) is 57.9. The molecule has 0 aliphatic carbocycles. The maximum atomic E-state index is 13.6. The molecular weight excluding hydrogens is 1000 g/mol. The summed E-state index contributed by atoms with van der Waals surface area (Å²) in [5.41, 5.74) is 0. The van der Waals surface area contributed by atoms with Gasteiger partial charge in [-0.15, -0.1) is 0 Å². The molecule has 0 aliphatic heterocycles. The van der Waals surface area contributed by atoms with Gasteiger partial charge in [0.15, 0.2) is 0 Å². The fraction of sp³-hybridized carbons (Fsp3) is 0.913. The largest absolute Gasteiger partial charge is 0.756 e. The molecule has 0 aliphatic rings. The lowest BCUT2D eigenvalue weighted by Gasteiger charge is -2.30. The highest BCUT2D eigenvalue weighted by Crippen LogP contribution is 2.38. The first kappa shape index (κ1) is 77.5. The number of amides is 1. The van der Waals surface area contributed by atoms with Crippen molar-refractivity contribution >= 4 is 19.7 Å². The topological polar surface area (TPSA) is 114 Å². The first-order chi connectivity index (χ1) is 38.4. The molecular formula is C69H135N2O7P. The fourth-order valence-electron chi connectivity index (χ4n) is 10.5. The zero-order valence-corrected chi connectivity index (χ0v) is 54.5. The second-order valence-corrected chi connectivity index (χ2v) is 26.5. The molecule has 0 fully saturated rings. The lowest BCUT2D eigenvalue weighted by molar-refractivity contribution is -0.870. The molecule has 79 heavy (non-hydrogen) atoms. The van der Waals surface area contributed by atoms with Crippen molar-refractivity contribution in [3.63, 3.8) is 0 Å². The molecule has 9 nitrogen and oxygen atoms in total. The lowest BCUT2D eigenvalue weighted by atomic mass is 10.0. The number of nitrogens with one attached hydrogen (secondary N) is 1. The van der Waals surface area contributed by atoms with Crippen LogP contribution in [0.2, 0.25) is 0 Å². The van der Waals surface area contributed by atoms with Crippen LogP contribution in [0.25, 0.3) is 0 Å². The molecule has 10 heteroatoms. The Morgan fingerprint density at radius 1 is 0.430 bits per heavy atom. The predicted octanol–water partition coefficient (Wildman–Crippen LogP) is 21.0. The van der Waals surface area contributed by atoms with Gasteiger partial charge in [0, 0.05) is 12.8 Å². The second kappa shape index (κ2) is 59.6. The van der Waals surface area contributed by atoms with Crippen molar-refractivity contribution < 1.29 is 37.3 Å². The average Bonchev–Trinajstić information content (AvgIpc) is 3.41. The summed E-state index contributed by atoms with van der Waals surface area (Å²) in [6, 6.07) is -0.881. The van der Waals surface area contributed by atoms with E-state index in [1.54, 1.807) is 0 Å². The van der Waals surface area contributed by atoms with E-state index in [4.69, 9.17) is 13.8 Å². The molecule has 0 aromatic carbocycles. The van der Waals surface area contributed by atoms with Gasteiger partial charge in [0.2, 0.25) is 5.91 Å². The van der Waals surface area contributed by atoms with Crippen molar-refractivity contribution in [2.24, 2.45) is 0 Å². The number of likely N-dealkylation sites (N-methyl/N-ethyl adjacent to an activating group) is 1. The van der Waals surface area contributed by atoms with Crippen molar-refractivity contribution in [1.29, 1.82) is 0 Å². The highest BCUT2D eigenvalue weighted by Gasteiger charge is 2.27. The molecule has 0 rings (SSSR count). The summed E-state index contributed by atoms with van der Waals surface area (Å²) in [5.74, 6) is -0.520. The van der Waals surface area contributed by atoms with Crippen molar-refractivity contribution in [2.45, 2.75) is 367 Å². The quantitative estimate of drug-likeness (QED) is 0.0212. The van der Waals surface area contributed by atoms with Gasteiger partial charge in [-0.25, -0.2) is 0 Å². The van der Waals surface area contributed by atoms with Crippen LogP contribution in [0.5, 0.6) is 0 Å². The van der Waals surface area contributed by atoms with E-state index in [2.05, 4.69) is 38.2 Å². The third-order valence-electron chi connectivity index (χ3n) is 15.9. The van der Waals surface area contributed by atoms with E-state index in [9.17, 15) is 19.0 Å².